The summed E-state index contributed by atoms with van der Waals surface area (Å²) in [5, 5.41) is 18.7. The number of carbonyl (C=O) groups is 2. The van der Waals surface area contributed by atoms with E-state index in [2.05, 4.69) is 64.3 Å². The maximum Gasteiger partial charge on any atom is 0.309 e. The first-order chi connectivity index (χ1) is 18.5. The molecule has 0 unspecified atom stereocenters. The quantitative estimate of drug-likeness (QED) is 0.208. The Morgan fingerprint density at radius 3 is 2.69 bits per heavy atom. The van der Waals surface area contributed by atoms with Gasteiger partial charge in [-0.15, -0.1) is 0 Å². The van der Waals surface area contributed by atoms with E-state index in [0.29, 0.717) is 31.0 Å². The van der Waals surface area contributed by atoms with Crippen LogP contribution in [0.2, 0.25) is 0 Å². The SMILES string of the molecule is CC(C)c1cc2c(cc1Br)[C@@]1(C)CCC[C@@](C)(C(=O)O)[C@@H]1C/C2=N\OCCNC(=O)c1cc2ccccc2[nH]1. The third kappa shape index (κ3) is 4.88. The Bertz CT molecular complexity index is 1430. The molecule has 3 aromatic rings. The number of benzene rings is 2. The average molecular weight is 595 g/mol. The Kier molecular flexibility index (Phi) is 7.35. The first kappa shape index (κ1) is 27.4. The monoisotopic (exact) mass is 593 g/mol. The number of rotatable bonds is 7. The van der Waals surface area contributed by atoms with Crippen LogP contribution in [0.4, 0.5) is 0 Å². The summed E-state index contributed by atoms with van der Waals surface area (Å²) in [6, 6.07) is 14.0. The van der Waals surface area contributed by atoms with Crippen LogP contribution in [0, 0.1) is 11.3 Å². The average Bonchev–Trinajstić information content (AvgIpc) is 3.33. The smallest absolute Gasteiger partial charge is 0.309 e. The van der Waals surface area contributed by atoms with E-state index in [0.717, 1.165) is 45.1 Å². The molecular weight excluding hydrogens is 558 g/mol. The van der Waals surface area contributed by atoms with Gasteiger partial charge in [-0.1, -0.05) is 66.5 Å². The molecule has 3 atom stereocenters. The number of nitrogens with zero attached hydrogens (tertiary/aromatic N) is 1. The normalized spacial score (nSPS) is 25.4. The number of aliphatic carboxylic acids is 1. The first-order valence-electron chi connectivity index (χ1n) is 13.7. The third-order valence-electron chi connectivity index (χ3n) is 8.93. The molecule has 1 aromatic heterocycles. The predicted molar refractivity (Wildman–Crippen MR) is 156 cm³/mol. The van der Waals surface area contributed by atoms with Gasteiger partial charge in [-0.05, 0) is 78.8 Å². The minimum atomic E-state index is -0.845. The minimum Gasteiger partial charge on any atom is -0.481 e. The largest absolute Gasteiger partial charge is 0.481 e. The van der Waals surface area contributed by atoms with Crippen LogP contribution in [-0.2, 0) is 15.0 Å². The summed E-state index contributed by atoms with van der Waals surface area (Å²) in [5.41, 5.74) is 4.43. The fourth-order valence-electron chi connectivity index (χ4n) is 6.66. The Labute approximate surface area is 237 Å². The number of H-pyrrole nitrogens is 1. The number of nitrogens with one attached hydrogen (secondary N) is 2. The number of halogens is 1. The zero-order valence-electron chi connectivity index (χ0n) is 22.9. The molecule has 39 heavy (non-hydrogen) atoms. The highest BCUT2D eigenvalue weighted by Gasteiger charge is 2.56. The fraction of sp³-hybridized carbons (Fsp3) is 0.452. The maximum absolute atomic E-state index is 12.6. The molecule has 1 amide bonds. The van der Waals surface area contributed by atoms with Gasteiger partial charge in [0.1, 0.15) is 12.3 Å². The highest BCUT2D eigenvalue weighted by Crippen LogP contribution is 2.58. The third-order valence-corrected chi connectivity index (χ3v) is 9.62. The van der Waals surface area contributed by atoms with Crippen LogP contribution in [0.1, 0.15) is 86.5 Å². The molecule has 2 aliphatic carbocycles. The second kappa shape index (κ2) is 10.5. The summed E-state index contributed by atoms with van der Waals surface area (Å²) in [4.78, 5) is 34.0. The molecule has 7 nitrogen and oxygen atoms in total. The summed E-state index contributed by atoms with van der Waals surface area (Å²) < 4.78 is 1.04. The Balaban J connectivity index is 1.37. The van der Waals surface area contributed by atoms with E-state index in [1.54, 1.807) is 0 Å². The van der Waals surface area contributed by atoms with E-state index < -0.39 is 11.4 Å². The predicted octanol–water partition coefficient (Wildman–Crippen LogP) is 6.76. The van der Waals surface area contributed by atoms with Crippen LogP contribution in [0.3, 0.4) is 0 Å². The number of carboxylic acids is 1. The van der Waals surface area contributed by atoms with Crippen molar-refractivity contribution in [3.8, 4) is 0 Å². The molecular formula is C31H36BrN3O4. The van der Waals surface area contributed by atoms with Crippen molar-refractivity contribution in [2.24, 2.45) is 16.5 Å². The lowest BCUT2D eigenvalue weighted by Gasteiger charge is -2.53. The molecule has 0 bridgehead atoms. The van der Waals surface area contributed by atoms with E-state index in [-0.39, 0.29) is 23.8 Å². The van der Waals surface area contributed by atoms with Crippen molar-refractivity contribution in [2.45, 2.75) is 64.7 Å². The number of amides is 1. The van der Waals surface area contributed by atoms with Crippen LogP contribution in [0.25, 0.3) is 10.9 Å². The standard InChI is InChI=1S/C31H36BrN3O4/c1-18(2)20-15-21-22(16-23(20)32)30(3)10-7-11-31(4,29(37)38)27(30)17-25(21)35-39-13-12-33-28(36)26-14-19-8-5-6-9-24(19)34-26/h5-6,8-9,14-16,18,27,34H,7,10-13,17H2,1-4H3,(H,33,36)(H,37,38)/b35-25+/t27-,30-,31-/m1/s1. The van der Waals surface area contributed by atoms with Crippen LogP contribution >= 0.6 is 15.9 Å². The zero-order chi connectivity index (χ0) is 27.9. The molecule has 0 aliphatic heterocycles. The summed E-state index contributed by atoms with van der Waals surface area (Å²) >= 11 is 3.78. The van der Waals surface area contributed by atoms with Gasteiger partial charge in [-0.25, -0.2) is 0 Å². The summed E-state index contributed by atoms with van der Waals surface area (Å²) in [7, 11) is 0. The van der Waals surface area contributed by atoms with Crippen molar-refractivity contribution >= 4 is 44.4 Å². The highest BCUT2D eigenvalue weighted by atomic mass is 79.9. The van der Waals surface area contributed by atoms with E-state index in [1.165, 1.54) is 5.56 Å². The zero-order valence-corrected chi connectivity index (χ0v) is 24.5. The van der Waals surface area contributed by atoms with Crippen molar-refractivity contribution in [1.29, 1.82) is 0 Å². The second-order valence-corrected chi connectivity index (χ2v) is 12.6. The maximum atomic E-state index is 12.6. The fourth-order valence-corrected chi connectivity index (χ4v) is 7.46. The van der Waals surface area contributed by atoms with Crippen molar-refractivity contribution in [3.05, 3.63) is 69.3 Å². The molecule has 1 saturated carbocycles. The van der Waals surface area contributed by atoms with Gasteiger partial charge in [0.05, 0.1) is 17.7 Å². The van der Waals surface area contributed by atoms with Crippen molar-refractivity contribution in [3.63, 3.8) is 0 Å². The van der Waals surface area contributed by atoms with Gasteiger partial charge in [0, 0.05) is 20.9 Å². The summed E-state index contributed by atoms with van der Waals surface area (Å²) in [5.74, 6) is -0.746. The number of aromatic nitrogens is 1. The van der Waals surface area contributed by atoms with Crippen LogP contribution in [0.5, 0.6) is 0 Å². The molecule has 0 saturated heterocycles. The Hall–Kier alpha value is -3.13. The van der Waals surface area contributed by atoms with Crippen molar-refractivity contribution < 1.29 is 19.5 Å². The lowest BCUT2D eigenvalue weighted by molar-refractivity contribution is -0.156. The first-order valence-corrected chi connectivity index (χ1v) is 14.5. The molecule has 0 spiro atoms. The van der Waals surface area contributed by atoms with Gasteiger partial charge in [0.15, 0.2) is 0 Å². The Morgan fingerprint density at radius 1 is 1.21 bits per heavy atom. The van der Waals surface area contributed by atoms with Crippen molar-refractivity contribution in [1.82, 2.24) is 10.3 Å². The van der Waals surface area contributed by atoms with Crippen molar-refractivity contribution in [2.75, 3.05) is 13.2 Å². The van der Waals surface area contributed by atoms with Gasteiger partial charge in [-0.3, -0.25) is 9.59 Å². The Morgan fingerprint density at radius 2 is 1.97 bits per heavy atom. The minimum absolute atomic E-state index is 0.107. The molecule has 2 aromatic carbocycles. The molecule has 3 N–H and O–H groups in total. The van der Waals surface area contributed by atoms with Crippen LogP contribution < -0.4 is 5.32 Å². The van der Waals surface area contributed by atoms with Gasteiger partial charge in [-0.2, -0.15) is 0 Å². The number of carboxylic acid groups (broad SMARTS) is 1. The van der Waals surface area contributed by atoms with E-state index in [4.69, 9.17) is 4.84 Å². The molecule has 1 fully saturated rings. The number of para-hydroxylation sites is 1. The van der Waals surface area contributed by atoms with E-state index in [1.807, 2.05) is 37.3 Å². The molecule has 206 valence electrons. The molecule has 2 aliphatic rings. The summed E-state index contributed by atoms with van der Waals surface area (Å²) in [6.45, 7) is 8.92. The number of hydrogen-bond acceptors (Lipinski definition) is 4. The topological polar surface area (TPSA) is 104 Å². The van der Waals surface area contributed by atoms with E-state index >= 15 is 0 Å². The van der Waals surface area contributed by atoms with Gasteiger partial charge in [0.2, 0.25) is 0 Å². The van der Waals surface area contributed by atoms with Crippen LogP contribution in [0.15, 0.2) is 52.1 Å². The number of aromatic amines is 1. The van der Waals surface area contributed by atoms with Crippen LogP contribution in [-0.4, -0.2) is 40.8 Å². The van der Waals surface area contributed by atoms with Gasteiger partial charge < -0.3 is 20.2 Å². The lowest BCUT2D eigenvalue weighted by atomic mass is 9.49. The van der Waals surface area contributed by atoms with Gasteiger partial charge in [0.25, 0.3) is 5.91 Å². The summed E-state index contributed by atoms with van der Waals surface area (Å²) in [6.07, 6.45) is 3.00. The number of fused-ring (bicyclic) bond motifs is 4. The lowest BCUT2D eigenvalue weighted by Crippen LogP contribution is -2.53. The highest BCUT2D eigenvalue weighted by molar-refractivity contribution is 9.10. The molecule has 5 rings (SSSR count). The molecule has 0 radical (unpaired) electrons. The number of hydrogen-bond donors (Lipinski definition) is 3. The second-order valence-electron chi connectivity index (χ2n) is 11.7. The molecule has 8 heteroatoms. The number of oxime groups is 1. The van der Waals surface area contributed by atoms with E-state index in [9.17, 15) is 14.7 Å². The molecule has 1 heterocycles. The van der Waals surface area contributed by atoms with Gasteiger partial charge >= 0.3 is 5.97 Å². The number of carbonyl (C=O) groups excluding carboxylic acids is 1.